The largest absolute Gasteiger partial charge is 0.454 e. The lowest BCUT2D eigenvalue weighted by atomic mass is 10.2. The molecule has 10 heteroatoms. The van der Waals surface area contributed by atoms with Crippen LogP contribution >= 0.6 is 11.3 Å². The van der Waals surface area contributed by atoms with Gasteiger partial charge in [0.05, 0.1) is 16.0 Å². The van der Waals surface area contributed by atoms with Crippen LogP contribution in [0, 0.1) is 0 Å². The second-order valence-corrected chi connectivity index (χ2v) is 8.44. The van der Waals surface area contributed by atoms with E-state index in [2.05, 4.69) is 10.1 Å². The maximum Gasteiger partial charge on any atom is 0.338 e. The van der Waals surface area contributed by atoms with Crippen LogP contribution in [0.5, 0.6) is 0 Å². The molecule has 0 aliphatic rings. The van der Waals surface area contributed by atoms with Gasteiger partial charge in [0.2, 0.25) is 15.8 Å². The van der Waals surface area contributed by atoms with Gasteiger partial charge in [0.25, 0.3) is 5.89 Å². The zero-order valence-corrected chi connectivity index (χ0v) is 17.0. The summed E-state index contributed by atoms with van der Waals surface area (Å²) in [7, 11) is -3.66. The van der Waals surface area contributed by atoms with Gasteiger partial charge in [-0.2, -0.15) is 20.6 Å². The van der Waals surface area contributed by atoms with Crippen LogP contribution in [0.1, 0.15) is 30.0 Å². The SMILES string of the molecule is CCN(CC)S(=O)(=O)c1cccc(C(=O)OCc2noc(-c3ccsc3)n2)c1. The standard InChI is InChI=1S/C18H19N3O5S2/c1-3-21(4-2)28(23,24)15-7-5-6-13(10-15)18(22)25-11-16-19-17(26-20-16)14-8-9-27-12-14/h5-10,12H,3-4,11H2,1-2H3. The fourth-order valence-electron chi connectivity index (χ4n) is 2.53. The number of sulfonamides is 1. The third-order valence-corrected chi connectivity index (χ3v) is 6.71. The molecule has 0 unspecified atom stereocenters. The Kier molecular flexibility index (Phi) is 6.22. The van der Waals surface area contributed by atoms with Crippen LogP contribution < -0.4 is 0 Å². The van der Waals surface area contributed by atoms with Crippen LogP contribution in [0.3, 0.4) is 0 Å². The van der Waals surface area contributed by atoms with Gasteiger partial charge >= 0.3 is 5.97 Å². The number of hydrogen-bond donors (Lipinski definition) is 0. The zero-order valence-electron chi connectivity index (χ0n) is 15.4. The van der Waals surface area contributed by atoms with Crippen molar-refractivity contribution in [3.05, 3.63) is 52.5 Å². The highest BCUT2D eigenvalue weighted by Gasteiger charge is 2.23. The summed E-state index contributed by atoms with van der Waals surface area (Å²) in [6, 6.07) is 7.61. The van der Waals surface area contributed by atoms with E-state index in [4.69, 9.17) is 9.26 Å². The zero-order chi connectivity index (χ0) is 20.1. The van der Waals surface area contributed by atoms with Crippen LogP contribution in [0.15, 0.2) is 50.5 Å². The second-order valence-electron chi connectivity index (χ2n) is 5.72. The Morgan fingerprint density at radius 2 is 2.04 bits per heavy atom. The molecule has 0 amide bonds. The van der Waals surface area contributed by atoms with Gasteiger partial charge in [-0.05, 0) is 29.6 Å². The molecular formula is C18H19N3O5S2. The van der Waals surface area contributed by atoms with Crippen LogP contribution in [0.25, 0.3) is 11.5 Å². The monoisotopic (exact) mass is 421 g/mol. The van der Waals surface area contributed by atoms with Crippen molar-refractivity contribution >= 4 is 27.3 Å². The number of thiophene rings is 1. The molecule has 0 fully saturated rings. The molecule has 3 rings (SSSR count). The van der Waals surface area contributed by atoms with E-state index in [1.165, 1.54) is 39.9 Å². The van der Waals surface area contributed by atoms with Crippen molar-refractivity contribution in [2.24, 2.45) is 0 Å². The Bertz CT molecular complexity index is 1040. The lowest BCUT2D eigenvalue weighted by Gasteiger charge is -2.18. The van der Waals surface area contributed by atoms with Crippen LogP contribution in [-0.2, 0) is 21.4 Å². The highest BCUT2D eigenvalue weighted by atomic mass is 32.2. The molecule has 0 aliphatic heterocycles. The number of benzene rings is 1. The molecule has 0 radical (unpaired) electrons. The predicted octanol–water partition coefficient (Wildman–Crippen LogP) is 3.19. The minimum absolute atomic E-state index is 0.0463. The molecule has 3 aromatic rings. The quantitative estimate of drug-likeness (QED) is 0.515. The van der Waals surface area contributed by atoms with Gasteiger partial charge in [0.15, 0.2) is 6.61 Å². The summed E-state index contributed by atoms with van der Waals surface area (Å²) in [5.41, 5.74) is 0.930. The molecule has 8 nitrogen and oxygen atoms in total. The van der Waals surface area contributed by atoms with Gasteiger partial charge in [0, 0.05) is 18.5 Å². The summed E-state index contributed by atoms with van der Waals surface area (Å²) in [4.78, 5) is 16.5. The molecular weight excluding hydrogens is 402 g/mol. The highest BCUT2D eigenvalue weighted by Crippen LogP contribution is 2.20. The topological polar surface area (TPSA) is 103 Å². The number of esters is 1. The molecule has 0 N–H and O–H groups in total. The molecule has 2 aromatic heterocycles. The van der Waals surface area contributed by atoms with E-state index in [0.717, 1.165) is 5.56 Å². The van der Waals surface area contributed by atoms with Gasteiger partial charge in [-0.3, -0.25) is 0 Å². The van der Waals surface area contributed by atoms with Crippen molar-refractivity contribution in [3.8, 4) is 11.5 Å². The lowest BCUT2D eigenvalue weighted by molar-refractivity contribution is 0.0459. The minimum atomic E-state index is -3.66. The molecule has 0 saturated carbocycles. The van der Waals surface area contributed by atoms with E-state index in [-0.39, 0.29) is 22.9 Å². The van der Waals surface area contributed by atoms with Crippen molar-refractivity contribution in [3.63, 3.8) is 0 Å². The molecule has 0 atom stereocenters. The van der Waals surface area contributed by atoms with E-state index >= 15 is 0 Å². The first-order chi connectivity index (χ1) is 13.5. The summed E-state index contributed by atoms with van der Waals surface area (Å²) in [5.74, 6) is -0.0976. The van der Waals surface area contributed by atoms with Crippen LogP contribution in [0.4, 0.5) is 0 Å². The minimum Gasteiger partial charge on any atom is -0.454 e. The Labute approximate surface area is 166 Å². The Hall–Kier alpha value is -2.56. The van der Waals surface area contributed by atoms with Gasteiger partial charge in [0.1, 0.15) is 0 Å². The maximum atomic E-state index is 12.6. The van der Waals surface area contributed by atoms with Crippen LogP contribution in [0.2, 0.25) is 0 Å². The summed E-state index contributed by atoms with van der Waals surface area (Å²) >= 11 is 1.50. The first kappa shape index (κ1) is 20.2. The predicted molar refractivity (Wildman–Crippen MR) is 103 cm³/mol. The molecule has 148 valence electrons. The first-order valence-corrected chi connectivity index (χ1v) is 11.0. The number of ether oxygens (including phenoxy) is 1. The number of rotatable bonds is 8. The Balaban J connectivity index is 1.70. The fourth-order valence-corrected chi connectivity index (χ4v) is 4.66. The van der Waals surface area contributed by atoms with Gasteiger partial charge in [-0.25, -0.2) is 13.2 Å². The highest BCUT2D eigenvalue weighted by molar-refractivity contribution is 7.89. The normalized spacial score (nSPS) is 11.7. The smallest absolute Gasteiger partial charge is 0.338 e. The number of carbonyl (C=O) groups excluding carboxylic acids is 1. The lowest BCUT2D eigenvalue weighted by Crippen LogP contribution is -2.30. The fraction of sp³-hybridized carbons (Fsp3) is 0.278. The molecule has 0 bridgehead atoms. The third kappa shape index (κ3) is 4.29. The van der Waals surface area contributed by atoms with E-state index in [1.54, 1.807) is 13.8 Å². The maximum absolute atomic E-state index is 12.6. The second kappa shape index (κ2) is 8.63. The Morgan fingerprint density at radius 1 is 1.25 bits per heavy atom. The summed E-state index contributed by atoms with van der Waals surface area (Å²) in [6.45, 7) is 4.03. The number of aromatic nitrogens is 2. The van der Waals surface area contributed by atoms with Crippen molar-refractivity contribution in [2.45, 2.75) is 25.3 Å². The molecule has 0 spiro atoms. The third-order valence-electron chi connectivity index (χ3n) is 3.98. The molecule has 0 aliphatic carbocycles. The summed E-state index contributed by atoms with van der Waals surface area (Å²) in [5, 5.41) is 7.53. The molecule has 2 heterocycles. The number of hydrogen-bond acceptors (Lipinski definition) is 8. The van der Waals surface area contributed by atoms with Gasteiger partial charge < -0.3 is 9.26 Å². The average molecular weight is 422 g/mol. The molecule has 28 heavy (non-hydrogen) atoms. The van der Waals surface area contributed by atoms with E-state index in [0.29, 0.717) is 19.0 Å². The van der Waals surface area contributed by atoms with Crippen LogP contribution in [-0.4, -0.2) is 41.9 Å². The van der Waals surface area contributed by atoms with Crippen molar-refractivity contribution in [2.75, 3.05) is 13.1 Å². The van der Waals surface area contributed by atoms with E-state index in [9.17, 15) is 13.2 Å². The van der Waals surface area contributed by atoms with Crippen molar-refractivity contribution in [1.82, 2.24) is 14.4 Å². The number of nitrogens with zero attached hydrogens (tertiary/aromatic N) is 3. The summed E-state index contributed by atoms with van der Waals surface area (Å²) < 4.78 is 36.9. The van der Waals surface area contributed by atoms with Gasteiger partial charge in [-0.15, -0.1) is 0 Å². The van der Waals surface area contributed by atoms with Crippen molar-refractivity contribution in [1.29, 1.82) is 0 Å². The Morgan fingerprint density at radius 3 is 2.71 bits per heavy atom. The molecule has 1 aromatic carbocycles. The first-order valence-electron chi connectivity index (χ1n) is 8.58. The van der Waals surface area contributed by atoms with E-state index in [1.807, 2.05) is 16.8 Å². The van der Waals surface area contributed by atoms with Crippen molar-refractivity contribution < 1.29 is 22.5 Å². The summed E-state index contributed by atoms with van der Waals surface area (Å²) in [6.07, 6.45) is 0. The molecule has 0 saturated heterocycles. The van der Waals surface area contributed by atoms with Gasteiger partial charge in [-0.1, -0.05) is 25.1 Å². The van der Waals surface area contributed by atoms with E-state index < -0.39 is 16.0 Å². The number of carbonyl (C=O) groups is 1. The average Bonchev–Trinajstić information content (AvgIpc) is 3.38.